The van der Waals surface area contributed by atoms with E-state index in [-0.39, 0.29) is 11.2 Å². The summed E-state index contributed by atoms with van der Waals surface area (Å²) in [4.78, 5) is 19.9. The number of methoxy groups -OCH3 is 1. The summed E-state index contributed by atoms with van der Waals surface area (Å²) in [5.74, 6) is 1.40. The fourth-order valence-corrected chi connectivity index (χ4v) is 5.71. The van der Waals surface area contributed by atoms with Crippen LogP contribution >= 0.6 is 0 Å². The van der Waals surface area contributed by atoms with E-state index in [1.807, 2.05) is 18.2 Å². The van der Waals surface area contributed by atoms with E-state index in [0.717, 1.165) is 65.0 Å². The number of aromatic amines is 1. The molecule has 32 heavy (non-hydrogen) atoms. The summed E-state index contributed by atoms with van der Waals surface area (Å²) in [5.41, 5.74) is 12.0. The van der Waals surface area contributed by atoms with Crippen molar-refractivity contribution < 1.29 is 9.53 Å². The predicted octanol–water partition coefficient (Wildman–Crippen LogP) is 5.22. The number of nitrogens with two attached hydrogens (primary N) is 1. The number of fused-ring (bicyclic) bond motifs is 4. The van der Waals surface area contributed by atoms with Crippen LogP contribution in [0.4, 0.5) is 5.69 Å². The van der Waals surface area contributed by atoms with Crippen LogP contribution in [0.3, 0.4) is 0 Å². The molecule has 1 aromatic heterocycles. The molecule has 3 N–H and O–H groups in total. The lowest BCUT2D eigenvalue weighted by Crippen LogP contribution is -2.38. The molecule has 1 aliphatic carbocycles. The molecule has 3 aromatic rings. The van der Waals surface area contributed by atoms with Crippen LogP contribution in [0.25, 0.3) is 10.9 Å². The molecule has 1 aliphatic heterocycles. The number of carbonyl (C=O) groups is 1. The minimum absolute atomic E-state index is 0.0915. The van der Waals surface area contributed by atoms with Crippen molar-refractivity contribution in [2.75, 3.05) is 25.9 Å². The first kappa shape index (κ1) is 21.1. The summed E-state index contributed by atoms with van der Waals surface area (Å²) in [6, 6.07) is 10.6. The molecular formula is C27H33N3O2. The van der Waals surface area contributed by atoms with Crippen molar-refractivity contribution in [3.05, 3.63) is 58.3 Å². The number of ether oxygens (including phenoxy) is 1. The van der Waals surface area contributed by atoms with E-state index in [9.17, 15) is 4.79 Å². The Hall–Kier alpha value is -2.79. The predicted molar refractivity (Wildman–Crippen MR) is 130 cm³/mol. The number of rotatable bonds is 3. The quantitative estimate of drug-likeness (QED) is 0.558. The van der Waals surface area contributed by atoms with Crippen LogP contribution in [-0.4, -0.2) is 41.9 Å². The van der Waals surface area contributed by atoms with Gasteiger partial charge in [0, 0.05) is 39.3 Å². The normalized spacial score (nSPS) is 18.8. The van der Waals surface area contributed by atoms with Crippen LogP contribution in [0.2, 0.25) is 0 Å². The molecule has 5 rings (SSSR count). The Morgan fingerprint density at radius 3 is 2.53 bits per heavy atom. The van der Waals surface area contributed by atoms with Gasteiger partial charge in [0.05, 0.1) is 12.7 Å². The highest BCUT2D eigenvalue weighted by molar-refractivity contribution is 6.20. The molecule has 0 saturated carbocycles. The van der Waals surface area contributed by atoms with Crippen LogP contribution in [0.15, 0.2) is 30.3 Å². The molecule has 2 aliphatic rings. The maximum absolute atomic E-state index is 13.8. The van der Waals surface area contributed by atoms with Crippen molar-refractivity contribution in [3.63, 3.8) is 0 Å². The molecular weight excluding hydrogens is 398 g/mol. The van der Waals surface area contributed by atoms with Gasteiger partial charge in [-0.25, -0.2) is 0 Å². The Morgan fingerprint density at radius 2 is 1.88 bits per heavy atom. The number of carbonyl (C=O) groups excluding carboxylic acids is 1. The summed E-state index contributed by atoms with van der Waals surface area (Å²) in [6.45, 7) is 11.0. The Morgan fingerprint density at radius 1 is 1.16 bits per heavy atom. The standard InChI is InChI=1S/C27H33N3O2/c1-15(2)30-10-8-16(9-11-30)19-13-20-21(14-23(19)32-5)27(3,4)26-24(25(20)31)18-7-6-17(28)12-22(18)29-26/h6-7,12-16,29H,8-11,28H2,1-5H3. The molecule has 0 atom stereocenters. The highest BCUT2D eigenvalue weighted by Gasteiger charge is 2.41. The van der Waals surface area contributed by atoms with Gasteiger partial charge in [-0.1, -0.05) is 19.9 Å². The molecule has 5 nitrogen and oxygen atoms in total. The minimum Gasteiger partial charge on any atom is -0.496 e. The number of piperidine rings is 1. The van der Waals surface area contributed by atoms with Gasteiger partial charge in [-0.3, -0.25) is 4.79 Å². The lowest BCUT2D eigenvalue weighted by molar-refractivity contribution is 0.103. The van der Waals surface area contributed by atoms with Crippen molar-refractivity contribution in [1.29, 1.82) is 0 Å². The maximum atomic E-state index is 13.8. The second-order valence-corrected chi connectivity index (χ2v) is 10.2. The highest BCUT2D eigenvalue weighted by Crippen LogP contribution is 2.47. The number of H-pyrrole nitrogens is 1. The summed E-state index contributed by atoms with van der Waals surface area (Å²) < 4.78 is 5.88. The van der Waals surface area contributed by atoms with Gasteiger partial charge in [0.15, 0.2) is 5.78 Å². The first-order valence-electron chi connectivity index (χ1n) is 11.6. The smallest absolute Gasteiger partial charge is 0.195 e. The van der Waals surface area contributed by atoms with Gasteiger partial charge in [-0.05, 0) is 81.1 Å². The summed E-state index contributed by atoms with van der Waals surface area (Å²) >= 11 is 0. The van der Waals surface area contributed by atoms with Crippen LogP contribution in [0.5, 0.6) is 5.75 Å². The van der Waals surface area contributed by atoms with Gasteiger partial charge in [-0.2, -0.15) is 0 Å². The monoisotopic (exact) mass is 431 g/mol. The Bertz CT molecular complexity index is 1210. The molecule has 0 bridgehead atoms. The summed E-state index contributed by atoms with van der Waals surface area (Å²) in [7, 11) is 1.74. The number of likely N-dealkylation sites (tertiary alicyclic amines) is 1. The van der Waals surface area contributed by atoms with Gasteiger partial charge in [0.25, 0.3) is 0 Å². The number of anilines is 1. The van der Waals surface area contributed by atoms with Crippen LogP contribution in [0.1, 0.15) is 79.2 Å². The zero-order valence-electron chi connectivity index (χ0n) is 19.7. The topological polar surface area (TPSA) is 71.3 Å². The van der Waals surface area contributed by atoms with Gasteiger partial charge in [-0.15, -0.1) is 0 Å². The van der Waals surface area contributed by atoms with Crippen molar-refractivity contribution >= 4 is 22.4 Å². The SMILES string of the molecule is COc1cc2c(cc1C1CCN(C(C)C)CC1)C(=O)c1c([nH]c3cc(N)ccc13)C2(C)C. The molecule has 0 amide bonds. The Balaban J connectivity index is 1.63. The summed E-state index contributed by atoms with van der Waals surface area (Å²) in [5, 5.41) is 0.945. The zero-order chi connectivity index (χ0) is 22.8. The molecule has 1 saturated heterocycles. The first-order valence-corrected chi connectivity index (χ1v) is 11.6. The van der Waals surface area contributed by atoms with Gasteiger partial charge >= 0.3 is 0 Å². The second kappa shape index (κ2) is 7.38. The highest BCUT2D eigenvalue weighted by atomic mass is 16.5. The Labute approximate surface area is 189 Å². The third-order valence-electron chi connectivity index (χ3n) is 7.66. The van der Waals surface area contributed by atoms with Gasteiger partial charge in [0.2, 0.25) is 0 Å². The van der Waals surface area contributed by atoms with E-state index in [1.54, 1.807) is 7.11 Å². The van der Waals surface area contributed by atoms with E-state index in [2.05, 4.69) is 49.7 Å². The maximum Gasteiger partial charge on any atom is 0.195 e. The van der Waals surface area contributed by atoms with E-state index >= 15 is 0 Å². The summed E-state index contributed by atoms with van der Waals surface area (Å²) in [6.07, 6.45) is 2.17. The molecule has 0 unspecified atom stereocenters. The van der Waals surface area contributed by atoms with E-state index in [4.69, 9.17) is 10.5 Å². The molecule has 1 fully saturated rings. The van der Waals surface area contributed by atoms with Crippen molar-refractivity contribution in [2.24, 2.45) is 0 Å². The number of nitrogen functional groups attached to an aromatic ring is 1. The fourth-order valence-electron chi connectivity index (χ4n) is 5.71. The van der Waals surface area contributed by atoms with Crippen molar-refractivity contribution in [1.82, 2.24) is 9.88 Å². The number of benzene rings is 2. The molecule has 0 radical (unpaired) electrons. The molecule has 168 valence electrons. The average molecular weight is 432 g/mol. The zero-order valence-corrected chi connectivity index (χ0v) is 19.7. The minimum atomic E-state index is -0.348. The first-order chi connectivity index (χ1) is 15.2. The average Bonchev–Trinajstić information content (AvgIpc) is 3.16. The number of hydrogen-bond acceptors (Lipinski definition) is 4. The van der Waals surface area contributed by atoms with Crippen molar-refractivity contribution in [3.8, 4) is 5.75 Å². The fraction of sp³-hybridized carbons (Fsp3) is 0.444. The number of hydrogen-bond donors (Lipinski definition) is 2. The van der Waals surface area contributed by atoms with Gasteiger partial charge in [0.1, 0.15) is 5.75 Å². The number of nitrogens with zero attached hydrogens (tertiary/aromatic N) is 1. The van der Waals surface area contributed by atoms with Crippen LogP contribution < -0.4 is 10.5 Å². The molecule has 5 heteroatoms. The van der Waals surface area contributed by atoms with E-state index in [0.29, 0.717) is 17.6 Å². The lowest BCUT2D eigenvalue weighted by atomic mass is 9.70. The largest absolute Gasteiger partial charge is 0.496 e. The number of ketones is 1. The third kappa shape index (κ3) is 3.06. The molecule has 2 aromatic carbocycles. The van der Waals surface area contributed by atoms with Crippen molar-refractivity contribution in [2.45, 2.75) is 57.9 Å². The van der Waals surface area contributed by atoms with E-state index in [1.165, 1.54) is 5.56 Å². The van der Waals surface area contributed by atoms with Crippen LogP contribution in [0, 0.1) is 0 Å². The second-order valence-electron chi connectivity index (χ2n) is 10.2. The van der Waals surface area contributed by atoms with Gasteiger partial charge < -0.3 is 20.4 Å². The molecule has 2 heterocycles. The number of nitrogens with one attached hydrogen (secondary N) is 1. The number of aromatic nitrogens is 1. The van der Waals surface area contributed by atoms with Crippen LogP contribution in [-0.2, 0) is 5.41 Å². The molecule has 0 spiro atoms. The lowest BCUT2D eigenvalue weighted by Gasteiger charge is -2.37. The third-order valence-corrected chi connectivity index (χ3v) is 7.66. The Kier molecular flexibility index (Phi) is 4.86. The van der Waals surface area contributed by atoms with E-state index < -0.39 is 0 Å².